The minimum atomic E-state index is 0.642. The van der Waals surface area contributed by atoms with Crippen LogP contribution in [0.3, 0.4) is 0 Å². The quantitative estimate of drug-likeness (QED) is 0.758. The number of hydrogen-bond acceptors (Lipinski definition) is 3. The number of nitrogen functional groups attached to an aromatic ring is 1. The highest BCUT2D eigenvalue weighted by atomic mass is 15.2. The fraction of sp³-hybridized carbons (Fsp3) is 0.200. The molecule has 5 nitrogen and oxygen atoms in total. The van der Waals surface area contributed by atoms with E-state index >= 15 is 0 Å². The lowest BCUT2D eigenvalue weighted by Gasteiger charge is -2.00. The molecule has 0 amide bonds. The molecule has 2 rings (SSSR count). The van der Waals surface area contributed by atoms with Crippen molar-refractivity contribution in [3.8, 4) is 11.3 Å². The van der Waals surface area contributed by atoms with Crippen LogP contribution in [-0.4, -0.2) is 19.3 Å². The van der Waals surface area contributed by atoms with Gasteiger partial charge in [0.2, 0.25) is 0 Å². The van der Waals surface area contributed by atoms with E-state index in [1.165, 1.54) is 0 Å². The summed E-state index contributed by atoms with van der Waals surface area (Å²) in [5.74, 6) is 0.642. The topological polar surface area (TPSA) is 61.7 Å². The van der Waals surface area contributed by atoms with Crippen molar-refractivity contribution in [1.29, 1.82) is 0 Å². The van der Waals surface area contributed by atoms with E-state index in [0.29, 0.717) is 12.4 Å². The summed E-state index contributed by atoms with van der Waals surface area (Å²) in [7, 11) is 1.86. The first-order chi connectivity index (χ1) is 7.22. The Kier molecular flexibility index (Phi) is 2.29. The average Bonchev–Trinajstić information content (AvgIpc) is 2.76. The van der Waals surface area contributed by atoms with Crippen molar-refractivity contribution < 1.29 is 0 Å². The van der Waals surface area contributed by atoms with Gasteiger partial charge in [0.15, 0.2) is 0 Å². The molecule has 0 saturated carbocycles. The highest BCUT2D eigenvalue weighted by Crippen LogP contribution is 2.23. The Morgan fingerprint density at radius 1 is 1.60 bits per heavy atom. The van der Waals surface area contributed by atoms with Crippen molar-refractivity contribution in [3.63, 3.8) is 0 Å². The normalized spacial score (nSPS) is 10.5. The van der Waals surface area contributed by atoms with Crippen molar-refractivity contribution in [3.05, 3.63) is 31.4 Å². The molecule has 5 heteroatoms. The Morgan fingerprint density at radius 2 is 2.40 bits per heavy atom. The highest BCUT2D eigenvalue weighted by molar-refractivity contribution is 5.69. The van der Waals surface area contributed by atoms with Crippen LogP contribution in [0.4, 0.5) is 5.82 Å². The summed E-state index contributed by atoms with van der Waals surface area (Å²) in [4.78, 5) is 4.25. The van der Waals surface area contributed by atoms with Crippen molar-refractivity contribution >= 4 is 5.82 Å². The van der Waals surface area contributed by atoms with E-state index < -0.39 is 0 Å². The lowest BCUT2D eigenvalue weighted by atomic mass is 10.2. The second-order valence-electron chi connectivity index (χ2n) is 3.32. The first-order valence-corrected chi connectivity index (χ1v) is 4.63. The van der Waals surface area contributed by atoms with Crippen molar-refractivity contribution in [2.75, 3.05) is 5.73 Å². The molecule has 0 atom stereocenters. The predicted octanol–water partition coefficient (Wildman–Crippen LogP) is 1.05. The summed E-state index contributed by atoms with van der Waals surface area (Å²) in [6.45, 7) is 4.33. The molecule has 0 aliphatic rings. The lowest BCUT2D eigenvalue weighted by Crippen LogP contribution is -1.99. The van der Waals surface area contributed by atoms with E-state index in [1.54, 1.807) is 23.3 Å². The van der Waals surface area contributed by atoms with Gasteiger partial charge in [0, 0.05) is 25.4 Å². The molecule has 2 aromatic heterocycles. The third-order valence-corrected chi connectivity index (χ3v) is 2.18. The Morgan fingerprint density at radius 3 is 3.00 bits per heavy atom. The fourth-order valence-corrected chi connectivity index (χ4v) is 1.44. The molecule has 0 radical (unpaired) electrons. The number of nitrogens with zero attached hydrogens (tertiary/aromatic N) is 4. The molecule has 0 fully saturated rings. The molecule has 0 aliphatic heterocycles. The van der Waals surface area contributed by atoms with Gasteiger partial charge in [-0.1, -0.05) is 6.08 Å². The molecule has 0 saturated heterocycles. The zero-order valence-corrected chi connectivity index (χ0v) is 8.59. The Balaban J connectivity index is 2.41. The van der Waals surface area contributed by atoms with E-state index in [2.05, 4.69) is 16.7 Å². The van der Waals surface area contributed by atoms with Gasteiger partial charge in [-0.05, 0) is 0 Å². The number of anilines is 1. The number of aromatic nitrogens is 4. The number of hydrogen-bond donors (Lipinski definition) is 1. The third-order valence-electron chi connectivity index (χ3n) is 2.18. The molecule has 0 bridgehead atoms. The second kappa shape index (κ2) is 3.61. The summed E-state index contributed by atoms with van der Waals surface area (Å²) in [5, 5.41) is 4.08. The number of allylic oxidation sites excluding steroid dienone is 1. The van der Waals surface area contributed by atoms with Crippen LogP contribution in [0.15, 0.2) is 31.4 Å². The minimum Gasteiger partial charge on any atom is -0.383 e. The van der Waals surface area contributed by atoms with Crippen LogP contribution in [0.5, 0.6) is 0 Å². The van der Waals surface area contributed by atoms with Crippen LogP contribution in [0.1, 0.15) is 0 Å². The van der Waals surface area contributed by atoms with Crippen LogP contribution < -0.4 is 5.73 Å². The van der Waals surface area contributed by atoms with Crippen LogP contribution in [0.2, 0.25) is 0 Å². The molecular weight excluding hydrogens is 190 g/mol. The highest BCUT2D eigenvalue weighted by Gasteiger charge is 2.10. The molecule has 2 heterocycles. The molecule has 2 aromatic rings. The smallest absolute Gasteiger partial charge is 0.131 e. The molecule has 15 heavy (non-hydrogen) atoms. The second-order valence-corrected chi connectivity index (χ2v) is 3.32. The summed E-state index contributed by atoms with van der Waals surface area (Å²) in [6, 6.07) is 0. The Bertz CT molecular complexity index is 480. The van der Waals surface area contributed by atoms with Crippen molar-refractivity contribution in [1.82, 2.24) is 19.3 Å². The van der Waals surface area contributed by atoms with Gasteiger partial charge < -0.3 is 10.3 Å². The maximum Gasteiger partial charge on any atom is 0.131 e. The fourth-order valence-electron chi connectivity index (χ4n) is 1.44. The van der Waals surface area contributed by atoms with Crippen LogP contribution in [-0.2, 0) is 13.6 Å². The Labute approximate surface area is 87.8 Å². The Hall–Kier alpha value is -2.04. The van der Waals surface area contributed by atoms with Crippen LogP contribution in [0.25, 0.3) is 11.3 Å². The SMILES string of the molecule is C=CCn1cnc(-c2cnn(C)c2)c1N. The summed E-state index contributed by atoms with van der Waals surface area (Å²) in [6.07, 6.45) is 7.12. The average molecular weight is 203 g/mol. The van der Waals surface area contributed by atoms with Gasteiger partial charge in [-0.2, -0.15) is 5.10 Å². The first kappa shape index (κ1) is 9.51. The number of nitrogens with two attached hydrogens (primary N) is 1. The zero-order chi connectivity index (χ0) is 10.8. The number of imidazole rings is 1. The lowest BCUT2D eigenvalue weighted by molar-refractivity contribution is 0.768. The van der Waals surface area contributed by atoms with Gasteiger partial charge in [0.25, 0.3) is 0 Å². The van der Waals surface area contributed by atoms with Crippen LogP contribution in [0, 0.1) is 0 Å². The third kappa shape index (κ3) is 1.63. The van der Waals surface area contributed by atoms with E-state index in [9.17, 15) is 0 Å². The van der Waals surface area contributed by atoms with E-state index in [0.717, 1.165) is 11.3 Å². The van der Waals surface area contributed by atoms with Gasteiger partial charge in [-0.15, -0.1) is 6.58 Å². The largest absolute Gasteiger partial charge is 0.383 e. The van der Waals surface area contributed by atoms with Gasteiger partial charge in [0.05, 0.1) is 12.5 Å². The molecule has 2 N–H and O–H groups in total. The summed E-state index contributed by atoms with van der Waals surface area (Å²) in [5.41, 5.74) is 7.64. The van der Waals surface area contributed by atoms with Gasteiger partial charge >= 0.3 is 0 Å². The molecule has 0 spiro atoms. The minimum absolute atomic E-state index is 0.642. The molecule has 0 aromatic carbocycles. The number of rotatable bonds is 3. The predicted molar refractivity (Wildman–Crippen MR) is 59.0 cm³/mol. The van der Waals surface area contributed by atoms with Crippen molar-refractivity contribution in [2.45, 2.75) is 6.54 Å². The van der Waals surface area contributed by atoms with Crippen molar-refractivity contribution in [2.24, 2.45) is 7.05 Å². The zero-order valence-electron chi connectivity index (χ0n) is 8.59. The maximum absolute atomic E-state index is 5.95. The van der Waals surface area contributed by atoms with Gasteiger partial charge in [-0.3, -0.25) is 4.68 Å². The molecule has 0 aliphatic carbocycles. The van der Waals surface area contributed by atoms with Gasteiger partial charge in [-0.25, -0.2) is 4.98 Å². The monoisotopic (exact) mass is 203 g/mol. The van der Waals surface area contributed by atoms with Gasteiger partial charge in [0.1, 0.15) is 11.5 Å². The number of aryl methyl sites for hydroxylation is 1. The summed E-state index contributed by atoms with van der Waals surface area (Å²) >= 11 is 0. The van der Waals surface area contributed by atoms with Crippen LogP contribution >= 0.6 is 0 Å². The summed E-state index contributed by atoms with van der Waals surface area (Å²) < 4.78 is 3.57. The van der Waals surface area contributed by atoms with E-state index in [-0.39, 0.29) is 0 Å². The molecule has 0 unspecified atom stereocenters. The van der Waals surface area contributed by atoms with E-state index in [4.69, 9.17) is 5.73 Å². The first-order valence-electron chi connectivity index (χ1n) is 4.63. The maximum atomic E-state index is 5.95. The standard InChI is InChI=1S/C10H13N5/c1-3-4-15-7-12-9(10(15)11)8-5-13-14(2)6-8/h3,5-7H,1,4,11H2,2H3. The molecular formula is C10H13N5. The molecule has 78 valence electrons. The van der Waals surface area contributed by atoms with E-state index in [1.807, 2.05) is 17.8 Å².